The summed E-state index contributed by atoms with van der Waals surface area (Å²) in [4.78, 5) is 13.0. The summed E-state index contributed by atoms with van der Waals surface area (Å²) in [6, 6.07) is -0.719. The van der Waals surface area contributed by atoms with Crippen LogP contribution >= 0.6 is 0 Å². The number of nitrogens with one attached hydrogen (secondary N) is 1. The number of carbonyl (C=O) groups excluding carboxylic acids is 1. The van der Waals surface area contributed by atoms with Gasteiger partial charge in [-0.25, -0.2) is 0 Å². The Morgan fingerprint density at radius 2 is 0.966 bits per heavy atom. The lowest BCUT2D eigenvalue weighted by molar-refractivity contribution is -0.302. The molecule has 344 valence electrons. The van der Waals surface area contributed by atoms with Gasteiger partial charge in [0.05, 0.1) is 25.4 Å². The molecule has 7 atom stereocenters. The molecule has 7 unspecified atom stereocenters. The largest absolute Gasteiger partial charge is 0.394 e. The SMILES string of the molecule is CCCCCCCCCCC/C=C\CCCCCCCC(=O)NC(COC1OC(CO)C(O)C(O)C1O)C(O)CCCCCCCCCCCCCCCCCCC. The third-order valence-electron chi connectivity index (χ3n) is 12.1. The Bertz CT molecular complexity index is 919. The third kappa shape index (κ3) is 30.0. The van der Waals surface area contributed by atoms with E-state index in [0.717, 1.165) is 51.4 Å². The monoisotopic (exact) mass is 826 g/mol. The van der Waals surface area contributed by atoms with Crippen LogP contribution in [0.25, 0.3) is 0 Å². The summed E-state index contributed by atoms with van der Waals surface area (Å²) < 4.78 is 11.3. The van der Waals surface area contributed by atoms with E-state index in [1.165, 1.54) is 161 Å². The zero-order valence-corrected chi connectivity index (χ0v) is 37.8. The smallest absolute Gasteiger partial charge is 0.220 e. The van der Waals surface area contributed by atoms with Crippen LogP contribution in [-0.4, -0.2) is 87.5 Å². The summed E-state index contributed by atoms with van der Waals surface area (Å²) in [6.45, 7) is 3.85. The number of carbonyl (C=O) groups is 1. The number of aliphatic hydroxyl groups is 5. The Labute approximate surface area is 356 Å². The molecule has 1 amide bonds. The van der Waals surface area contributed by atoms with E-state index >= 15 is 0 Å². The van der Waals surface area contributed by atoms with Crippen molar-refractivity contribution in [1.29, 1.82) is 0 Å². The summed E-state index contributed by atoms with van der Waals surface area (Å²) >= 11 is 0. The van der Waals surface area contributed by atoms with Gasteiger partial charge in [-0.1, -0.05) is 206 Å². The molecule has 1 heterocycles. The van der Waals surface area contributed by atoms with E-state index in [9.17, 15) is 30.3 Å². The summed E-state index contributed by atoms with van der Waals surface area (Å²) in [5.41, 5.74) is 0. The lowest BCUT2D eigenvalue weighted by Crippen LogP contribution is -2.60. The van der Waals surface area contributed by atoms with Crippen LogP contribution in [0.3, 0.4) is 0 Å². The number of unbranched alkanes of at least 4 members (excludes halogenated alkanes) is 30. The van der Waals surface area contributed by atoms with E-state index < -0.39 is 49.5 Å². The molecule has 1 aliphatic rings. The molecular weight excluding hydrogens is 731 g/mol. The number of amides is 1. The quantitative estimate of drug-likeness (QED) is 0.0263. The van der Waals surface area contributed by atoms with E-state index in [4.69, 9.17) is 9.47 Å². The standard InChI is InChI=1S/C49H95NO8/c1-3-5-7-9-11-13-15-17-19-21-23-25-27-29-31-33-35-37-39-45(53)50-42(41-57-49-48(56)47(55)46(54)44(40-51)58-49)43(52)38-36-34-32-30-28-26-24-22-20-18-16-14-12-10-8-6-4-2/h23,25,42-44,46-49,51-52,54-56H,3-22,24,26-41H2,1-2H3,(H,50,53)/b25-23-. The molecule has 0 aromatic carbocycles. The first kappa shape index (κ1) is 54.9. The van der Waals surface area contributed by atoms with Crippen LogP contribution in [0.4, 0.5) is 0 Å². The molecule has 0 aromatic rings. The van der Waals surface area contributed by atoms with Crippen LogP contribution in [0, 0.1) is 0 Å². The fraction of sp³-hybridized carbons (Fsp3) is 0.939. The lowest BCUT2D eigenvalue weighted by Gasteiger charge is -2.40. The third-order valence-corrected chi connectivity index (χ3v) is 12.1. The van der Waals surface area contributed by atoms with Gasteiger partial charge in [-0.3, -0.25) is 4.79 Å². The first-order valence-corrected chi connectivity index (χ1v) is 24.9. The fourth-order valence-corrected chi connectivity index (χ4v) is 8.10. The van der Waals surface area contributed by atoms with Gasteiger partial charge in [0.15, 0.2) is 6.29 Å². The van der Waals surface area contributed by atoms with Crippen LogP contribution in [0.5, 0.6) is 0 Å². The first-order chi connectivity index (χ1) is 28.3. The molecule has 6 N–H and O–H groups in total. The van der Waals surface area contributed by atoms with Crippen LogP contribution < -0.4 is 5.32 Å². The van der Waals surface area contributed by atoms with Crippen LogP contribution in [-0.2, 0) is 14.3 Å². The molecular formula is C49H95NO8. The minimum atomic E-state index is -1.55. The zero-order chi connectivity index (χ0) is 42.3. The molecule has 9 nitrogen and oxygen atoms in total. The minimum absolute atomic E-state index is 0.138. The Morgan fingerprint density at radius 3 is 1.40 bits per heavy atom. The van der Waals surface area contributed by atoms with Gasteiger partial charge in [-0.05, 0) is 38.5 Å². The maximum absolute atomic E-state index is 13.0. The van der Waals surface area contributed by atoms with E-state index in [2.05, 4.69) is 31.3 Å². The molecule has 0 spiro atoms. The highest BCUT2D eigenvalue weighted by Gasteiger charge is 2.44. The topological polar surface area (TPSA) is 149 Å². The Hall–Kier alpha value is -1.07. The van der Waals surface area contributed by atoms with Crippen LogP contribution in [0.2, 0.25) is 0 Å². The molecule has 58 heavy (non-hydrogen) atoms. The highest BCUT2D eigenvalue weighted by atomic mass is 16.7. The van der Waals surface area contributed by atoms with Gasteiger partial charge < -0.3 is 40.3 Å². The molecule has 1 fully saturated rings. The molecule has 1 rings (SSSR count). The van der Waals surface area contributed by atoms with E-state index in [-0.39, 0.29) is 12.5 Å². The van der Waals surface area contributed by atoms with E-state index in [1.54, 1.807) is 0 Å². The van der Waals surface area contributed by atoms with Gasteiger partial charge in [0.25, 0.3) is 0 Å². The van der Waals surface area contributed by atoms with Gasteiger partial charge >= 0.3 is 0 Å². The molecule has 1 saturated heterocycles. The summed E-state index contributed by atoms with van der Waals surface area (Å²) in [6.07, 6.45) is 39.3. The molecule has 0 radical (unpaired) electrons. The van der Waals surface area contributed by atoms with Gasteiger partial charge in [0.2, 0.25) is 5.91 Å². The lowest BCUT2D eigenvalue weighted by atomic mass is 9.99. The van der Waals surface area contributed by atoms with Crippen molar-refractivity contribution >= 4 is 5.91 Å². The van der Waals surface area contributed by atoms with E-state index in [1.807, 2.05) is 0 Å². The minimum Gasteiger partial charge on any atom is -0.394 e. The Kier molecular flexibility index (Phi) is 37.9. The van der Waals surface area contributed by atoms with Crippen molar-refractivity contribution in [2.24, 2.45) is 0 Å². The summed E-state index contributed by atoms with van der Waals surface area (Å²) in [7, 11) is 0. The van der Waals surface area contributed by atoms with Crippen molar-refractivity contribution in [2.45, 2.75) is 281 Å². The molecule has 0 bridgehead atoms. The average Bonchev–Trinajstić information content (AvgIpc) is 3.22. The van der Waals surface area contributed by atoms with Crippen molar-refractivity contribution in [1.82, 2.24) is 5.32 Å². The predicted molar refractivity (Wildman–Crippen MR) is 240 cm³/mol. The number of aliphatic hydroxyl groups excluding tert-OH is 5. The van der Waals surface area contributed by atoms with Crippen molar-refractivity contribution < 1.29 is 39.8 Å². The molecule has 0 aromatic heterocycles. The van der Waals surface area contributed by atoms with Gasteiger partial charge in [0.1, 0.15) is 24.4 Å². The summed E-state index contributed by atoms with van der Waals surface area (Å²) in [5, 5.41) is 54.4. The van der Waals surface area contributed by atoms with Crippen molar-refractivity contribution in [2.75, 3.05) is 13.2 Å². The van der Waals surface area contributed by atoms with Crippen molar-refractivity contribution in [3.63, 3.8) is 0 Å². The molecule has 9 heteroatoms. The first-order valence-electron chi connectivity index (χ1n) is 24.9. The molecule has 1 aliphatic heterocycles. The Balaban J connectivity index is 2.29. The number of rotatable bonds is 42. The maximum atomic E-state index is 13.0. The highest BCUT2D eigenvalue weighted by Crippen LogP contribution is 2.23. The van der Waals surface area contributed by atoms with Crippen LogP contribution in [0.1, 0.15) is 239 Å². The normalized spacial score (nSPS) is 20.8. The van der Waals surface area contributed by atoms with Gasteiger partial charge in [-0.2, -0.15) is 0 Å². The van der Waals surface area contributed by atoms with Crippen molar-refractivity contribution in [3.8, 4) is 0 Å². The summed E-state index contributed by atoms with van der Waals surface area (Å²) in [5.74, 6) is -0.150. The Morgan fingerprint density at radius 1 is 0.569 bits per heavy atom. The highest BCUT2D eigenvalue weighted by molar-refractivity contribution is 5.76. The van der Waals surface area contributed by atoms with Gasteiger partial charge in [0, 0.05) is 6.42 Å². The average molecular weight is 826 g/mol. The molecule has 0 saturated carbocycles. The second-order valence-corrected chi connectivity index (χ2v) is 17.6. The number of hydrogen-bond donors (Lipinski definition) is 6. The predicted octanol–water partition coefficient (Wildman–Crippen LogP) is 10.9. The fourth-order valence-electron chi connectivity index (χ4n) is 8.10. The molecule has 0 aliphatic carbocycles. The maximum Gasteiger partial charge on any atom is 0.220 e. The number of allylic oxidation sites excluding steroid dienone is 2. The van der Waals surface area contributed by atoms with Crippen LogP contribution in [0.15, 0.2) is 12.2 Å². The van der Waals surface area contributed by atoms with Crippen molar-refractivity contribution in [3.05, 3.63) is 12.2 Å². The number of ether oxygens (including phenoxy) is 2. The second kappa shape index (κ2) is 40.0. The number of hydrogen-bond acceptors (Lipinski definition) is 8. The van der Waals surface area contributed by atoms with E-state index in [0.29, 0.717) is 12.8 Å². The second-order valence-electron chi connectivity index (χ2n) is 17.6. The zero-order valence-electron chi connectivity index (χ0n) is 37.8. The van der Waals surface area contributed by atoms with Gasteiger partial charge in [-0.15, -0.1) is 0 Å².